The van der Waals surface area contributed by atoms with Crippen molar-refractivity contribution in [1.82, 2.24) is 24.8 Å². The summed E-state index contributed by atoms with van der Waals surface area (Å²) in [6, 6.07) is 9.91. The molecule has 0 saturated carbocycles. The van der Waals surface area contributed by atoms with Gasteiger partial charge in [-0.25, -0.2) is 9.97 Å². The molecular weight excluding hydrogens is 340 g/mol. The fraction of sp³-hybridized carbons (Fsp3) is 0.300. The average Bonchev–Trinajstić information content (AvgIpc) is 2.70. The van der Waals surface area contributed by atoms with Crippen molar-refractivity contribution in [2.75, 3.05) is 45.1 Å². The molecule has 3 aromatic rings. The van der Waals surface area contributed by atoms with Crippen LogP contribution in [0.5, 0.6) is 0 Å². The van der Waals surface area contributed by atoms with Gasteiger partial charge >= 0.3 is 0 Å². The summed E-state index contributed by atoms with van der Waals surface area (Å²) >= 11 is 0. The predicted molar refractivity (Wildman–Crippen MR) is 105 cm³/mol. The number of likely N-dealkylation sites (N-methyl/N-ethyl adjacent to an activating group) is 1. The van der Waals surface area contributed by atoms with Crippen LogP contribution in [0.4, 0.5) is 5.95 Å². The molecule has 7 nitrogen and oxygen atoms in total. The molecule has 138 valence electrons. The van der Waals surface area contributed by atoms with Gasteiger partial charge in [-0.3, -0.25) is 20.0 Å². The van der Waals surface area contributed by atoms with E-state index in [0.717, 1.165) is 48.2 Å². The number of carbonyl (C=O) groups is 1. The van der Waals surface area contributed by atoms with Gasteiger partial charge in [0.15, 0.2) is 0 Å². The van der Waals surface area contributed by atoms with Gasteiger partial charge in [0.2, 0.25) is 11.9 Å². The first-order valence-electron chi connectivity index (χ1n) is 9.05. The van der Waals surface area contributed by atoms with Crippen LogP contribution in [0.25, 0.3) is 22.0 Å². The Labute approximate surface area is 158 Å². The number of nitrogens with one attached hydrogen (secondary N) is 1. The van der Waals surface area contributed by atoms with E-state index in [1.165, 1.54) is 0 Å². The van der Waals surface area contributed by atoms with Gasteiger partial charge in [0.25, 0.3) is 0 Å². The van der Waals surface area contributed by atoms with E-state index in [0.29, 0.717) is 12.5 Å². The van der Waals surface area contributed by atoms with Crippen molar-refractivity contribution in [2.24, 2.45) is 0 Å². The monoisotopic (exact) mass is 362 g/mol. The third-order valence-corrected chi connectivity index (χ3v) is 4.79. The standard InChI is InChI=1S/C20H22N6O/c1-25-7-9-26(10-8-25)14-19(27)24-20-22-13-17-5-4-15(11-18(17)23-20)16-3-2-6-21-12-16/h2-6,11-13H,7-10,14H2,1H3,(H,22,23,24,27). The second-order valence-electron chi connectivity index (χ2n) is 6.84. The average molecular weight is 362 g/mol. The third-order valence-electron chi connectivity index (χ3n) is 4.79. The van der Waals surface area contributed by atoms with Gasteiger partial charge in [-0.15, -0.1) is 0 Å². The molecule has 0 bridgehead atoms. The molecule has 1 amide bonds. The summed E-state index contributed by atoms with van der Waals surface area (Å²) in [4.78, 5) is 29.7. The molecule has 0 unspecified atom stereocenters. The van der Waals surface area contributed by atoms with Gasteiger partial charge in [-0.1, -0.05) is 18.2 Å². The van der Waals surface area contributed by atoms with Crippen LogP contribution in [0, 0.1) is 0 Å². The maximum Gasteiger partial charge on any atom is 0.240 e. The SMILES string of the molecule is CN1CCN(CC(=O)Nc2ncc3ccc(-c4cccnc4)cc3n2)CC1. The smallest absolute Gasteiger partial charge is 0.240 e. The molecule has 27 heavy (non-hydrogen) atoms. The minimum atomic E-state index is -0.0812. The first kappa shape index (κ1) is 17.5. The molecule has 1 aromatic carbocycles. The first-order chi connectivity index (χ1) is 13.2. The summed E-state index contributed by atoms with van der Waals surface area (Å²) in [6.45, 7) is 4.13. The highest BCUT2D eigenvalue weighted by Crippen LogP contribution is 2.23. The number of benzene rings is 1. The van der Waals surface area contributed by atoms with Crippen molar-refractivity contribution in [3.05, 3.63) is 48.9 Å². The van der Waals surface area contributed by atoms with Crippen molar-refractivity contribution in [2.45, 2.75) is 0 Å². The molecule has 3 heterocycles. The van der Waals surface area contributed by atoms with Crippen LogP contribution in [0.2, 0.25) is 0 Å². The Morgan fingerprint density at radius 3 is 2.74 bits per heavy atom. The normalized spacial score (nSPS) is 15.7. The lowest BCUT2D eigenvalue weighted by molar-refractivity contribution is -0.117. The Morgan fingerprint density at radius 2 is 1.96 bits per heavy atom. The van der Waals surface area contributed by atoms with E-state index in [4.69, 9.17) is 0 Å². The van der Waals surface area contributed by atoms with Crippen molar-refractivity contribution < 1.29 is 4.79 Å². The number of hydrogen-bond donors (Lipinski definition) is 1. The Kier molecular flexibility index (Phi) is 5.04. The summed E-state index contributed by atoms with van der Waals surface area (Å²) in [6.07, 6.45) is 5.31. The number of rotatable bonds is 4. The Morgan fingerprint density at radius 1 is 1.11 bits per heavy atom. The number of hydrogen-bond acceptors (Lipinski definition) is 6. The lowest BCUT2D eigenvalue weighted by Crippen LogP contribution is -2.47. The van der Waals surface area contributed by atoms with E-state index in [2.05, 4.69) is 37.1 Å². The lowest BCUT2D eigenvalue weighted by Gasteiger charge is -2.31. The summed E-state index contributed by atoms with van der Waals surface area (Å²) in [5.41, 5.74) is 2.85. The molecule has 0 aliphatic carbocycles. The molecule has 1 aliphatic heterocycles. The highest BCUT2D eigenvalue weighted by molar-refractivity contribution is 5.92. The highest BCUT2D eigenvalue weighted by Gasteiger charge is 2.17. The predicted octanol–water partition coefficient (Wildman–Crippen LogP) is 1.88. The largest absolute Gasteiger partial charge is 0.304 e. The van der Waals surface area contributed by atoms with Crippen molar-refractivity contribution in [1.29, 1.82) is 0 Å². The van der Waals surface area contributed by atoms with Crippen molar-refractivity contribution in [3.63, 3.8) is 0 Å². The summed E-state index contributed by atoms with van der Waals surface area (Å²) in [5, 5.41) is 3.75. The topological polar surface area (TPSA) is 74.2 Å². The molecule has 0 atom stereocenters. The molecular formula is C20H22N6O. The second kappa shape index (κ2) is 7.77. The van der Waals surface area contributed by atoms with Gasteiger partial charge < -0.3 is 4.90 Å². The highest BCUT2D eigenvalue weighted by atomic mass is 16.2. The van der Waals surface area contributed by atoms with E-state index in [1.807, 2.05) is 36.5 Å². The minimum absolute atomic E-state index is 0.0812. The number of carbonyl (C=O) groups excluding carboxylic acids is 1. The first-order valence-corrected chi connectivity index (χ1v) is 9.05. The maximum atomic E-state index is 12.3. The Balaban J connectivity index is 1.48. The molecule has 1 N–H and O–H groups in total. The van der Waals surface area contributed by atoms with Crippen molar-refractivity contribution in [3.8, 4) is 11.1 Å². The number of nitrogens with zero attached hydrogens (tertiary/aromatic N) is 5. The number of anilines is 1. The molecule has 2 aromatic heterocycles. The minimum Gasteiger partial charge on any atom is -0.304 e. The Hall–Kier alpha value is -2.90. The van der Waals surface area contributed by atoms with Crippen LogP contribution in [-0.2, 0) is 4.79 Å². The molecule has 0 radical (unpaired) electrons. The van der Waals surface area contributed by atoms with Crippen LogP contribution in [0.15, 0.2) is 48.9 Å². The van der Waals surface area contributed by atoms with Crippen LogP contribution in [0.3, 0.4) is 0 Å². The van der Waals surface area contributed by atoms with Gasteiger partial charge in [0.05, 0.1) is 12.1 Å². The summed E-state index contributed by atoms with van der Waals surface area (Å²) in [5.74, 6) is 0.257. The molecule has 7 heteroatoms. The van der Waals surface area contributed by atoms with Crippen LogP contribution < -0.4 is 5.32 Å². The van der Waals surface area contributed by atoms with Gasteiger partial charge in [0, 0.05) is 55.7 Å². The number of pyridine rings is 1. The Bertz CT molecular complexity index is 938. The fourth-order valence-corrected chi connectivity index (χ4v) is 3.17. The van der Waals surface area contributed by atoms with Crippen LogP contribution in [-0.4, -0.2) is 70.4 Å². The van der Waals surface area contributed by atoms with Crippen LogP contribution >= 0.6 is 0 Å². The zero-order valence-corrected chi connectivity index (χ0v) is 15.3. The lowest BCUT2D eigenvalue weighted by atomic mass is 10.1. The fourth-order valence-electron chi connectivity index (χ4n) is 3.17. The molecule has 4 rings (SSSR count). The van der Waals surface area contributed by atoms with E-state index in [-0.39, 0.29) is 5.91 Å². The van der Waals surface area contributed by atoms with E-state index in [1.54, 1.807) is 12.4 Å². The number of aromatic nitrogens is 3. The van der Waals surface area contributed by atoms with E-state index in [9.17, 15) is 4.79 Å². The number of piperazine rings is 1. The quantitative estimate of drug-likeness (QED) is 0.764. The van der Waals surface area contributed by atoms with E-state index < -0.39 is 0 Å². The van der Waals surface area contributed by atoms with Gasteiger partial charge in [0.1, 0.15) is 0 Å². The zero-order valence-electron chi connectivity index (χ0n) is 15.3. The maximum absolute atomic E-state index is 12.3. The molecule has 0 spiro atoms. The third kappa shape index (κ3) is 4.27. The van der Waals surface area contributed by atoms with E-state index >= 15 is 0 Å². The zero-order chi connectivity index (χ0) is 18.6. The molecule has 1 aliphatic rings. The molecule has 1 fully saturated rings. The van der Waals surface area contributed by atoms with Crippen LogP contribution in [0.1, 0.15) is 0 Å². The van der Waals surface area contributed by atoms with Gasteiger partial charge in [-0.05, 0) is 24.7 Å². The summed E-state index contributed by atoms with van der Waals surface area (Å²) < 4.78 is 0. The number of amides is 1. The number of fused-ring (bicyclic) bond motifs is 1. The van der Waals surface area contributed by atoms with Gasteiger partial charge in [-0.2, -0.15) is 0 Å². The summed E-state index contributed by atoms with van der Waals surface area (Å²) in [7, 11) is 2.10. The molecule has 1 saturated heterocycles. The van der Waals surface area contributed by atoms with Crippen molar-refractivity contribution >= 4 is 22.8 Å². The second-order valence-corrected chi connectivity index (χ2v) is 6.84.